The molecule has 1 N–H and O–H groups in total. The lowest BCUT2D eigenvalue weighted by Crippen LogP contribution is -2.21. The van der Waals surface area contributed by atoms with Gasteiger partial charge in [-0.1, -0.05) is 24.3 Å². The minimum absolute atomic E-state index is 0.0369. The van der Waals surface area contributed by atoms with Crippen LogP contribution in [0.5, 0.6) is 0 Å². The molecule has 1 nitrogen and oxygen atoms in total. The van der Waals surface area contributed by atoms with Crippen LogP contribution in [0.2, 0.25) is 0 Å². The van der Waals surface area contributed by atoms with Crippen LogP contribution in [0.25, 0.3) is 0 Å². The molecule has 0 aliphatic carbocycles. The van der Waals surface area contributed by atoms with E-state index in [-0.39, 0.29) is 12.0 Å². The number of rotatable bonds is 4. The van der Waals surface area contributed by atoms with E-state index in [1.165, 1.54) is 24.3 Å². The third-order valence-electron chi connectivity index (χ3n) is 3.10. The fourth-order valence-electron chi connectivity index (χ4n) is 2.06. The van der Waals surface area contributed by atoms with Gasteiger partial charge in [-0.05, 0) is 31.7 Å². The minimum Gasteiger partial charge on any atom is -0.313 e. The molecule has 1 atom stereocenters. The normalized spacial score (nSPS) is 12.4. The Bertz CT molecular complexity index is 549. The minimum atomic E-state index is -0.614. The number of hydrogen-bond donors (Lipinski definition) is 1. The summed E-state index contributed by atoms with van der Waals surface area (Å²) in [5.74, 6) is -1.62. The molecule has 0 bridgehead atoms. The molecule has 0 heterocycles. The van der Waals surface area contributed by atoms with E-state index in [4.69, 9.17) is 0 Å². The van der Waals surface area contributed by atoms with Crippen LogP contribution in [0.4, 0.5) is 13.2 Å². The Kier molecular flexibility index (Phi) is 4.22. The van der Waals surface area contributed by atoms with Gasteiger partial charge in [-0.3, -0.25) is 0 Å². The lowest BCUT2D eigenvalue weighted by atomic mass is 9.98. The maximum atomic E-state index is 13.7. The molecule has 0 radical (unpaired) electrons. The fourth-order valence-corrected chi connectivity index (χ4v) is 2.06. The summed E-state index contributed by atoms with van der Waals surface area (Å²) in [4.78, 5) is 0. The van der Waals surface area contributed by atoms with E-state index >= 15 is 0 Å². The van der Waals surface area contributed by atoms with Crippen molar-refractivity contribution in [1.82, 2.24) is 5.32 Å². The van der Waals surface area contributed by atoms with E-state index in [1.807, 2.05) is 0 Å². The standard InChI is InChI=1S/C15H14F3N/c1-19-15(10-5-2-3-6-12(10)16)9-11-13(17)7-4-8-14(11)18/h2-8,15,19H,9H2,1H3. The summed E-state index contributed by atoms with van der Waals surface area (Å²) in [6.07, 6.45) is 0.0515. The molecule has 0 aromatic heterocycles. The summed E-state index contributed by atoms with van der Waals surface area (Å²) in [5.41, 5.74) is 0.359. The Morgan fingerprint density at radius 3 is 2.05 bits per heavy atom. The van der Waals surface area contributed by atoms with Gasteiger partial charge in [0, 0.05) is 17.2 Å². The van der Waals surface area contributed by atoms with Crippen molar-refractivity contribution in [2.24, 2.45) is 0 Å². The zero-order chi connectivity index (χ0) is 13.8. The van der Waals surface area contributed by atoms with Crippen molar-refractivity contribution in [1.29, 1.82) is 0 Å². The molecule has 19 heavy (non-hydrogen) atoms. The van der Waals surface area contributed by atoms with Crippen molar-refractivity contribution >= 4 is 0 Å². The summed E-state index contributed by atoms with van der Waals surface area (Å²) < 4.78 is 40.9. The number of benzene rings is 2. The number of halogens is 3. The molecule has 0 amide bonds. The van der Waals surface area contributed by atoms with Gasteiger partial charge in [0.25, 0.3) is 0 Å². The largest absolute Gasteiger partial charge is 0.313 e. The quantitative estimate of drug-likeness (QED) is 0.890. The van der Waals surface area contributed by atoms with Crippen LogP contribution >= 0.6 is 0 Å². The lowest BCUT2D eigenvalue weighted by Gasteiger charge is -2.18. The molecule has 1 unspecified atom stereocenters. The molecule has 4 heteroatoms. The average Bonchev–Trinajstić information content (AvgIpc) is 2.40. The van der Waals surface area contributed by atoms with Crippen LogP contribution in [-0.4, -0.2) is 7.05 Å². The van der Waals surface area contributed by atoms with Crippen molar-refractivity contribution in [2.75, 3.05) is 7.05 Å². The highest BCUT2D eigenvalue weighted by molar-refractivity contribution is 5.26. The first-order valence-corrected chi connectivity index (χ1v) is 5.98. The summed E-state index contributed by atoms with van der Waals surface area (Å²) >= 11 is 0. The Morgan fingerprint density at radius 1 is 0.895 bits per heavy atom. The molecule has 0 saturated heterocycles. The van der Waals surface area contributed by atoms with Gasteiger partial charge in [-0.2, -0.15) is 0 Å². The van der Waals surface area contributed by atoms with Crippen LogP contribution in [0.3, 0.4) is 0 Å². The third-order valence-corrected chi connectivity index (χ3v) is 3.10. The molecular weight excluding hydrogens is 251 g/mol. The first-order valence-electron chi connectivity index (χ1n) is 5.98. The van der Waals surface area contributed by atoms with Crippen molar-refractivity contribution in [2.45, 2.75) is 12.5 Å². The molecule has 0 aliphatic heterocycles. The molecule has 0 fully saturated rings. The zero-order valence-corrected chi connectivity index (χ0v) is 10.5. The highest BCUT2D eigenvalue weighted by Gasteiger charge is 2.18. The molecule has 0 spiro atoms. The van der Waals surface area contributed by atoms with Gasteiger partial charge < -0.3 is 5.32 Å². The Labute approximate surface area is 110 Å². The van der Waals surface area contributed by atoms with Crippen molar-refractivity contribution in [3.63, 3.8) is 0 Å². The van der Waals surface area contributed by atoms with Crippen LogP contribution in [0, 0.1) is 17.5 Å². The molecular formula is C15H14F3N. The molecule has 2 aromatic rings. The number of hydrogen-bond acceptors (Lipinski definition) is 1. The van der Waals surface area contributed by atoms with Gasteiger partial charge in [0.05, 0.1) is 0 Å². The maximum Gasteiger partial charge on any atom is 0.129 e. The van der Waals surface area contributed by atoms with E-state index in [0.29, 0.717) is 5.56 Å². The Hall–Kier alpha value is -1.81. The molecule has 2 aromatic carbocycles. The van der Waals surface area contributed by atoms with Crippen LogP contribution in [0.1, 0.15) is 17.2 Å². The highest BCUT2D eigenvalue weighted by Crippen LogP contribution is 2.23. The second-order valence-corrected chi connectivity index (χ2v) is 4.27. The van der Waals surface area contributed by atoms with Gasteiger partial charge in [0.1, 0.15) is 17.5 Å². The van der Waals surface area contributed by atoms with E-state index in [9.17, 15) is 13.2 Å². The lowest BCUT2D eigenvalue weighted by molar-refractivity contribution is 0.497. The SMILES string of the molecule is CNC(Cc1c(F)cccc1F)c1ccccc1F. The topological polar surface area (TPSA) is 12.0 Å². The predicted octanol–water partition coefficient (Wildman–Crippen LogP) is 3.61. The average molecular weight is 265 g/mol. The van der Waals surface area contributed by atoms with Crippen molar-refractivity contribution in [3.05, 3.63) is 71.0 Å². The van der Waals surface area contributed by atoms with E-state index < -0.39 is 23.5 Å². The molecule has 100 valence electrons. The second-order valence-electron chi connectivity index (χ2n) is 4.27. The number of likely N-dealkylation sites (N-methyl/N-ethyl adjacent to an activating group) is 1. The third kappa shape index (κ3) is 2.96. The van der Waals surface area contributed by atoms with Crippen LogP contribution in [-0.2, 0) is 6.42 Å². The smallest absolute Gasteiger partial charge is 0.129 e. The van der Waals surface area contributed by atoms with Gasteiger partial charge in [-0.25, -0.2) is 13.2 Å². The first kappa shape index (κ1) is 13.6. The Balaban J connectivity index is 2.32. The van der Waals surface area contributed by atoms with Gasteiger partial charge in [-0.15, -0.1) is 0 Å². The van der Waals surface area contributed by atoms with E-state index in [2.05, 4.69) is 5.32 Å². The summed E-state index contributed by atoms with van der Waals surface area (Å²) in [6.45, 7) is 0. The summed E-state index contributed by atoms with van der Waals surface area (Å²) in [5, 5.41) is 2.89. The molecule has 0 aliphatic rings. The number of nitrogens with one attached hydrogen (secondary N) is 1. The van der Waals surface area contributed by atoms with Crippen molar-refractivity contribution < 1.29 is 13.2 Å². The molecule has 2 rings (SSSR count). The predicted molar refractivity (Wildman–Crippen MR) is 68.3 cm³/mol. The summed E-state index contributed by atoms with van der Waals surface area (Å²) in [7, 11) is 1.63. The van der Waals surface area contributed by atoms with E-state index in [1.54, 1.807) is 25.2 Å². The zero-order valence-electron chi connectivity index (χ0n) is 10.5. The van der Waals surface area contributed by atoms with Gasteiger partial charge in [0.2, 0.25) is 0 Å². The Morgan fingerprint density at radius 2 is 1.47 bits per heavy atom. The summed E-state index contributed by atoms with van der Waals surface area (Å²) in [6, 6.07) is 9.44. The van der Waals surface area contributed by atoms with E-state index in [0.717, 1.165) is 0 Å². The van der Waals surface area contributed by atoms with Crippen LogP contribution < -0.4 is 5.32 Å². The first-order chi connectivity index (χ1) is 9.13. The van der Waals surface area contributed by atoms with Crippen molar-refractivity contribution in [3.8, 4) is 0 Å². The monoisotopic (exact) mass is 265 g/mol. The fraction of sp³-hybridized carbons (Fsp3) is 0.200. The van der Waals surface area contributed by atoms with Gasteiger partial charge in [0.15, 0.2) is 0 Å². The second kappa shape index (κ2) is 5.89. The van der Waals surface area contributed by atoms with Gasteiger partial charge >= 0.3 is 0 Å². The van der Waals surface area contributed by atoms with Crippen LogP contribution in [0.15, 0.2) is 42.5 Å². The highest BCUT2D eigenvalue weighted by atomic mass is 19.1. The molecule has 0 saturated carbocycles. The maximum absolute atomic E-state index is 13.7.